The maximum absolute atomic E-state index is 5.89. The average molecular weight is 328 g/mol. The lowest BCUT2D eigenvalue weighted by molar-refractivity contribution is 0.344. The summed E-state index contributed by atoms with van der Waals surface area (Å²) in [4.78, 5) is 0. The minimum atomic E-state index is 0.618. The number of aromatic nitrogens is 2. The largest absolute Gasteiger partial charge is 0.493 e. The van der Waals surface area contributed by atoms with E-state index in [9.17, 15) is 0 Å². The van der Waals surface area contributed by atoms with Crippen molar-refractivity contribution in [2.75, 3.05) is 17.7 Å². The van der Waals surface area contributed by atoms with Crippen LogP contribution in [0.3, 0.4) is 0 Å². The van der Waals surface area contributed by atoms with Gasteiger partial charge in [0.25, 0.3) is 0 Å². The highest BCUT2D eigenvalue weighted by molar-refractivity contribution is 8.01. The summed E-state index contributed by atoms with van der Waals surface area (Å²) < 4.78 is 6.60. The predicted molar refractivity (Wildman–Crippen MR) is 84.2 cm³/mol. The van der Waals surface area contributed by atoms with Crippen molar-refractivity contribution in [3.05, 3.63) is 29.3 Å². The van der Waals surface area contributed by atoms with Crippen LogP contribution >= 0.6 is 34.7 Å². The second-order valence-electron chi connectivity index (χ2n) is 4.45. The highest BCUT2D eigenvalue weighted by atomic mass is 35.5. The van der Waals surface area contributed by atoms with Crippen LogP contribution in [0.15, 0.2) is 28.6 Å². The van der Waals surface area contributed by atoms with E-state index in [0.717, 1.165) is 21.0 Å². The molecule has 1 fully saturated rings. The third-order valence-electron chi connectivity index (χ3n) is 2.69. The maximum atomic E-state index is 5.89. The molecule has 1 saturated carbocycles. The normalized spacial score (nSPS) is 14.2. The molecule has 3 rings (SSSR count). The van der Waals surface area contributed by atoms with Gasteiger partial charge in [0.1, 0.15) is 5.75 Å². The smallest absolute Gasteiger partial charge is 0.206 e. The molecule has 2 aromatic rings. The number of hydrogen-bond donors (Lipinski definition) is 1. The molecule has 0 atom stereocenters. The summed E-state index contributed by atoms with van der Waals surface area (Å²) in [6.07, 6.45) is 2.49. The fraction of sp³-hybridized carbons (Fsp3) is 0.385. The van der Waals surface area contributed by atoms with Crippen LogP contribution in [0, 0.1) is 0 Å². The second kappa shape index (κ2) is 6.65. The van der Waals surface area contributed by atoms with Crippen molar-refractivity contribution >= 4 is 39.8 Å². The Kier molecular flexibility index (Phi) is 4.65. The Bertz CT molecular complexity index is 574. The summed E-state index contributed by atoms with van der Waals surface area (Å²) in [5.74, 6) is 1.64. The zero-order valence-corrected chi connectivity index (χ0v) is 13.1. The summed E-state index contributed by atoms with van der Waals surface area (Å²) in [6, 6.07) is 8.05. The van der Waals surface area contributed by atoms with Gasteiger partial charge in [-0.25, -0.2) is 0 Å². The van der Waals surface area contributed by atoms with E-state index < -0.39 is 0 Å². The Balaban J connectivity index is 1.39. The minimum absolute atomic E-state index is 0.618. The topological polar surface area (TPSA) is 47.0 Å². The first kappa shape index (κ1) is 14.0. The van der Waals surface area contributed by atoms with E-state index in [-0.39, 0.29) is 0 Å². The van der Waals surface area contributed by atoms with E-state index in [4.69, 9.17) is 16.3 Å². The number of thioether (sulfide) groups is 1. The summed E-state index contributed by atoms with van der Waals surface area (Å²) in [5.41, 5.74) is 0. The monoisotopic (exact) mass is 327 g/mol. The predicted octanol–water partition coefficient (Wildman–Crippen LogP) is 3.94. The lowest BCUT2D eigenvalue weighted by atomic mass is 10.3. The van der Waals surface area contributed by atoms with Gasteiger partial charge in [0.2, 0.25) is 5.13 Å². The van der Waals surface area contributed by atoms with Crippen LogP contribution in [-0.2, 0) is 0 Å². The molecule has 0 spiro atoms. The molecule has 1 heterocycles. The van der Waals surface area contributed by atoms with Crippen molar-refractivity contribution in [3.8, 4) is 5.75 Å². The van der Waals surface area contributed by atoms with E-state index >= 15 is 0 Å². The van der Waals surface area contributed by atoms with Gasteiger partial charge in [-0.2, -0.15) is 0 Å². The summed E-state index contributed by atoms with van der Waals surface area (Å²) in [6.45, 7) is 0.621. The number of rotatable bonds is 7. The molecule has 0 unspecified atom stereocenters. The molecule has 20 heavy (non-hydrogen) atoms. The van der Waals surface area contributed by atoms with Gasteiger partial charge >= 0.3 is 0 Å². The number of anilines is 1. The van der Waals surface area contributed by atoms with E-state index in [0.29, 0.717) is 17.7 Å². The van der Waals surface area contributed by atoms with Gasteiger partial charge in [-0.3, -0.25) is 0 Å². The third-order valence-corrected chi connectivity index (χ3v) is 4.87. The first-order chi connectivity index (χ1) is 9.79. The zero-order valence-electron chi connectivity index (χ0n) is 10.7. The third kappa shape index (κ3) is 4.26. The van der Waals surface area contributed by atoms with Crippen LogP contribution in [0.4, 0.5) is 5.13 Å². The number of benzene rings is 1. The molecule has 106 valence electrons. The number of halogens is 1. The summed E-state index contributed by atoms with van der Waals surface area (Å²) in [5, 5.41) is 13.2. The Morgan fingerprint density at radius 2 is 2.30 bits per heavy atom. The van der Waals surface area contributed by atoms with Crippen molar-refractivity contribution in [1.29, 1.82) is 0 Å². The molecule has 1 N–H and O–H groups in total. The molecular formula is C13H14ClN3OS2. The van der Waals surface area contributed by atoms with E-state index in [2.05, 4.69) is 15.5 Å². The van der Waals surface area contributed by atoms with E-state index in [1.54, 1.807) is 23.1 Å². The first-order valence-electron chi connectivity index (χ1n) is 6.41. The highest BCUT2D eigenvalue weighted by Gasteiger charge is 2.22. The molecule has 0 radical (unpaired) electrons. The SMILES string of the molecule is Clc1cccc(OCCSc2nnc(NC3CC3)s2)c1. The lowest BCUT2D eigenvalue weighted by Crippen LogP contribution is -1.99. The second-order valence-corrected chi connectivity index (χ2v) is 7.20. The van der Waals surface area contributed by atoms with Crippen LogP contribution in [-0.4, -0.2) is 28.6 Å². The standard InChI is InChI=1S/C13H14ClN3OS2/c14-9-2-1-3-11(8-9)18-6-7-19-13-17-16-12(20-13)15-10-4-5-10/h1-3,8,10H,4-7H2,(H,15,16). The van der Waals surface area contributed by atoms with Crippen molar-refractivity contribution in [2.45, 2.75) is 23.2 Å². The molecule has 1 aromatic carbocycles. The average Bonchev–Trinajstić information content (AvgIpc) is 3.13. The highest BCUT2D eigenvalue weighted by Crippen LogP contribution is 2.30. The molecule has 0 amide bonds. The molecule has 1 aliphatic carbocycles. The Hall–Kier alpha value is -0.980. The zero-order chi connectivity index (χ0) is 13.8. The Morgan fingerprint density at radius 3 is 3.10 bits per heavy atom. The minimum Gasteiger partial charge on any atom is -0.493 e. The van der Waals surface area contributed by atoms with Gasteiger partial charge in [-0.1, -0.05) is 40.8 Å². The van der Waals surface area contributed by atoms with Crippen molar-refractivity contribution < 1.29 is 4.74 Å². The van der Waals surface area contributed by atoms with Gasteiger partial charge < -0.3 is 10.1 Å². The van der Waals surface area contributed by atoms with Crippen molar-refractivity contribution in [2.24, 2.45) is 0 Å². The molecule has 0 aliphatic heterocycles. The van der Waals surface area contributed by atoms with Crippen molar-refractivity contribution in [3.63, 3.8) is 0 Å². The van der Waals surface area contributed by atoms with Crippen LogP contribution < -0.4 is 10.1 Å². The fourth-order valence-corrected chi connectivity index (χ4v) is 3.47. The van der Waals surface area contributed by atoms with Crippen LogP contribution in [0.5, 0.6) is 5.75 Å². The molecule has 1 aromatic heterocycles. The number of nitrogens with one attached hydrogen (secondary N) is 1. The lowest BCUT2D eigenvalue weighted by Gasteiger charge is -2.04. The Labute approximate surface area is 130 Å². The fourth-order valence-electron chi connectivity index (χ4n) is 1.57. The maximum Gasteiger partial charge on any atom is 0.206 e. The van der Waals surface area contributed by atoms with Gasteiger partial charge in [0, 0.05) is 16.8 Å². The van der Waals surface area contributed by atoms with E-state index in [1.165, 1.54) is 12.8 Å². The van der Waals surface area contributed by atoms with Crippen LogP contribution in [0.25, 0.3) is 0 Å². The van der Waals surface area contributed by atoms with Gasteiger partial charge in [0.05, 0.1) is 6.61 Å². The molecule has 1 aliphatic rings. The number of nitrogens with zero attached hydrogens (tertiary/aromatic N) is 2. The number of ether oxygens (including phenoxy) is 1. The van der Waals surface area contributed by atoms with Crippen LogP contribution in [0.2, 0.25) is 5.02 Å². The van der Waals surface area contributed by atoms with Crippen LogP contribution in [0.1, 0.15) is 12.8 Å². The number of hydrogen-bond acceptors (Lipinski definition) is 6. The molecular weight excluding hydrogens is 314 g/mol. The van der Waals surface area contributed by atoms with Gasteiger partial charge in [0.15, 0.2) is 4.34 Å². The molecule has 4 nitrogen and oxygen atoms in total. The summed E-state index contributed by atoms with van der Waals surface area (Å²) >= 11 is 9.16. The molecule has 0 bridgehead atoms. The summed E-state index contributed by atoms with van der Waals surface area (Å²) in [7, 11) is 0. The van der Waals surface area contributed by atoms with Gasteiger partial charge in [-0.15, -0.1) is 10.2 Å². The van der Waals surface area contributed by atoms with Gasteiger partial charge in [-0.05, 0) is 31.0 Å². The Morgan fingerprint density at radius 1 is 1.40 bits per heavy atom. The first-order valence-corrected chi connectivity index (χ1v) is 8.59. The molecule has 7 heteroatoms. The van der Waals surface area contributed by atoms with Crippen molar-refractivity contribution in [1.82, 2.24) is 10.2 Å². The quantitative estimate of drug-likeness (QED) is 0.616. The van der Waals surface area contributed by atoms with E-state index in [1.807, 2.05) is 24.3 Å². The molecule has 0 saturated heterocycles.